The maximum absolute atomic E-state index is 11.7. The number of amides is 1. The predicted octanol–water partition coefficient (Wildman–Crippen LogP) is 0.495. The minimum absolute atomic E-state index is 0.00374. The van der Waals surface area contributed by atoms with E-state index in [9.17, 15) is 9.59 Å². The molecule has 0 aliphatic carbocycles. The molecule has 0 unspecified atom stereocenters. The monoisotopic (exact) mass is 261 g/mol. The van der Waals surface area contributed by atoms with Gasteiger partial charge < -0.3 is 15.3 Å². The summed E-state index contributed by atoms with van der Waals surface area (Å²) in [5.74, 6) is -0.282. The highest BCUT2D eigenvalue weighted by molar-refractivity contribution is 5.86. The Kier molecular flexibility index (Phi) is 2.85. The first-order chi connectivity index (χ1) is 9.16. The lowest BCUT2D eigenvalue weighted by Crippen LogP contribution is -2.46. The number of carbonyl (C=O) groups is 2. The van der Waals surface area contributed by atoms with Gasteiger partial charge in [0.25, 0.3) is 0 Å². The van der Waals surface area contributed by atoms with Crippen molar-refractivity contribution in [2.45, 2.75) is 18.9 Å². The topological polar surface area (TPSA) is 82.5 Å². The summed E-state index contributed by atoms with van der Waals surface area (Å²) >= 11 is 0. The van der Waals surface area contributed by atoms with Gasteiger partial charge >= 0.3 is 5.97 Å². The molecular weight excluding hydrogens is 246 g/mol. The number of anilines is 1. The van der Waals surface area contributed by atoms with E-state index in [4.69, 9.17) is 5.11 Å². The summed E-state index contributed by atoms with van der Waals surface area (Å²) < 4.78 is 0. The first-order valence-electron chi connectivity index (χ1n) is 6.41. The molecule has 3 heterocycles. The number of piperidine rings is 1. The molecule has 0 spiro atoms. The number of nitrogens with zero attached hydrogens (tertiary/aromatic N) is 2. The van der Waals surface area contributed by atoms with Gasteiger partial charge in [-0.25, -0.2) is 9.78 Å². The van der Waals surface area contributed by atoms with Crippen LogP contribution in [0.2, 0.25) is 0 Å². The number of aromatic carboxylic acids is 1. The van der Waals surface area contributed by atoms with E-state index in [-0.39, 0.29) is 23.6 Å². The Morgan fingerprint density at radius 2 is 2.32 bits per heavy atom. The Bertz CT molecular complexity index is 532. The van der Waals surface area contributed by atoms with Crippen LogP contribution in [-0.2, 0) is 4.79 Å². The van der Waals surface area contributed by atoms with Crippen LogP contribution in [0.5, 0.6) is 0 Å². The lowest BCUT2D eigenvalue weighted by Gasteiger charge is -2.36. The maximum atomic E-state index is 11.7. The van der Waals surface area contributed by atoms with E-state index < -0.39 is 5.97 Å². The van der Waals surface area contributed by atoms with Gasteiger partial charge in [0.1, 0.15) is 5.82 Å². The Morgan fingerprint density at radius 1 is 1.47 bits per heavy atom. The third-order valence-electron chi connectivity index (χ3n) is 3.85. The summed E-state index contributed by atoms with van der Waals surface area (Å²) in [6.45, 7) is 1.43. The Morgan fingerprint density at radius 3 is 3.11 bits per heavy atom. The Labute approximate surface area is 110 Å². The number of carboxylic acid groups (broad SMARTS) is 1. The normalized spacial score (nSPS) is 25.9. The molecule has 2 aliphatic rings. The van der Waals surface area contributed by atoms with Gasteiger partial charge in [0.2, 0.25) is 5.91 Å². The quantitative estimate of drug-likeness (QED) is 0.809. The molecule has 2 fully saturated rings. The average Bonchev–Trinajstić information content (AvgIpc) is 2.81. The molecule has 6 heteroatoms. The van der Waals surface area contributed by atoms with E-state index >= 15 is 0 Å². The van der Waals surface area contributed by atoms with E-state index in [1.807, 2.05) is 0 Å². The van der Waals surface area contributed by atoms with Crippen molar-refractivity contribution in [3.05, 3.63) is 23.9 Å². The lowest BCUT2D eigenvalue weighted by molar-refractivity contribution is -0.123. The van der Waals surface area contributed by atoms with Gasteiger partial charge in [-0.2, -0.15) is 0 Å². The number of pyridine rings is 1. The molecule has 0 aromatic carbocycles. The van der Waals surface area contributed by atoms with Crippen LogP contribution in [0.1, 0.15) is 23.3 Å². The zero-order valence-electron chi connectivity index (χ0n) is 10.4. The van der Waals surface area contributed by atoms with Crippen molar-refractivity contribution in [2.75, 3.05) is 18.0 Å². The summed E-state index contributed by atoms with van der Waals surface area (Å²) in [6, 6.07) is 5.07. The van der Waals surface area contributed by atoms with Crippen LogP contribution < -0.4 is 10.2 Å². The van der Waals surface area contributed by atoms with Crippen LogP contribution in [0, 0.1) is 5.92 Å². The molecule has 6 nitrogen and oxygen atoms in total. The van der Waals surface area contributed by atoms with Crippen LogP contribution >= 0.6 is 0 Å². The smallest absolute Gasteiger partial charge is 0.354 e. The molecule has 19 heavy (non-hydrogen) atoms. The number of rotatable bonds is 2. The van der Waals surface area contributed by atoms with Crippen molar-refractivity contribution in [1.82, 2.24) is 10.3 Å². The minimum atomic E-state index is -1.03. The van der Waals surface area contributed by atoms with Gasteiger partial charge in [0, 0.05) is 13.1 Å². The summed E-state index contributed by atoms with van der Waals surface area (Å²) in [5, 5.41) is 11.9. The molecule has 1 aromatic rings. The van der Waals surface area contributed by atoms with Gasteiger partial charge in [-0.15, -0.1) is 0 Å². The molecule has 2 aliphatic heterocycles. The second kappa shape index (κ2) is 4.53. The molecule has 1 amide bonds. The van der Waals surface area contributed by atoms with Crippen molar-refractivity contribution in [3.8, 4) is 0 Å². The van der Waals surface area contributed by atoms with Crippen molar-refractivity contribution < 1.29 is 14.7 Å². The van der Waals surface area contributed by atoms with Gasteiger partial charge in [0.15, 0.2) is 5.69 Å². The van der Waals surface area contributed by atoms with Crippen molar-refractivity contribution >= 4 is 17.7 Å². The summed E-state index contributed by atoms with van der Waals surface area (Å²) in [6.07, 6.45) is 1.82. The molecule has 2 atom stereocenters. The molecule has 3 rings (SSSR count). The standard InChI is InChI=1S/C13H15N3O3/c17-12-8-3-2-6-16(10(8)7-14-12)11-5-1-4-9(15-11)13(18)19/h1,4-5,8,10H,2-3,6-7H2,(H,14,17)(H,18,19)/t8-,10-/m1/s1. The molecular formula is C13H15N3O3. The highest BCUT2D eigenvalue weighted by Gasteiger charge is 2.41. The number of hydrogen-bond acceptors (Lipinski definition) is 4. The van der Waals surface area contributed by atoms with E-state index in [1.165, 1.54) is 6.07 Å². The van der Waals surface area contributed by atoms with Crippen LogP contribution in [0.3, 0.4) is 0 Å². The van der Waals surface area contributed by atoms with Gasteiger partial charge in [-0.1, -0.05) is 6.07 Å². The average molecular weight is 261 g/mol. The Hall–Kier alpha value is -2.11. The van der Waals surface area contributed by atoms with Crippen molar-refractivity contribution in [3.63, 3.8) is 0 Å². The fraction of sp³-hybridized carbons (Fsp3) is 0.462. The number of carboxylic acids is 1. The lowest BCUT2D eigenvalue weighted by atomic mass is 9.91. The molecule has 0 radical (unpaired) electrons. The van der Waals surface area contributed by atoms with E-state index in [0.717, 1.165) is 19.4 Å². The van der Waals surface area contributed by atoms with Gasteiger partial charge in [-0.05, 0) is 25.0 Å². The van der Waals surface area contributed by atoms with Crippen LogP contribution in [-0.4, -0.2) is 41.1 Å². The van der Waals surface area contributed by atoms with Crippen LogP contribution in [0.4, 0.5) is 5.82 Å². The molecule has 1 aromatic heterocycles. The van der Waals surface area contributed by atoms with E-state index in [0.29, 0.717) is 12.4 Å². The third kappa shape index (κ3) is 2.03. The molecule has 2 N–H and O–H groups in total. The minimum Gasteiger partial charge on any atom is -0.477 e. The van der Waals surface area contributed by atoms with Crippen LogP contribution in [0.25, 0.3) is 0 Å². The second-order valence-electron chi connectivity index (χ2n) is 4.94. The van der Waals surface area contributed by atoms with Gasteiger partial charge in [-0.3, -0.25) is 4.79 Å². The molecule has 0 saturated carbocycles. The number of aromatic nitrogens is 1. The summed E-state index contributed by atoms with van der Waals surface area (Å²) in [5.41, 5.74) is 0.0388. The third-order valence-corrected chi connectivity index (χ3v) is 3.85. The van der Waals surface area contributed by atoms with Crippen molar-refractivity contribution in [1.29, 1.82) is 0 Å². The summed E-state index contributed by atoms with van der Waals surface area (Å²) in [7, 11) is 0. The van der Waals surface area contributed by atoms with E-state index in [2.05, 4.69) is 15.2 Å². The molecule has 0 bridgehead atoms. The van der Waals surface area contributed by atoms with E-state index in [1.54, 1.807) is 12.1 Å². The number of hydrogen-bond donors (Lipinski definition) is 2. The molecule has 100 valence electrons. The maximum Gasteiger partial charge on any atom is 0.354 e. The largest absolute Gasteiger partial charge is 0.477 e. The van der Waals surface area contributed by atoms with Gasteiger partial charge in [0.05, 0.1) is 12.0 Å². The fourth-order valence-corrected chi connectivity index (χ4v) is 2.94. The second-order valence-corrected chi connectivity index (χ2v) is 4.94. The number of fused-ring (bicyclic) bond motifs is 1. The summed E-state index contributed by atoms with van der Waals surface area (Å²) in [4.78, 5) is 28.9. The highest BCUT2D eigenvalue weighted by Crippen LogP contribution is 2.30. The molecule has 2 saturated heterocycles. The fourth-order valence-electron chi connectivity index (χ4n) is 2.94. The predicted molar refractivity (Wildman–Crippen MR) is 68.1 cm³/mol. The first-order valence-corrected chi connectivity index (χ1v) is 6.41. The number of nitrogens with one attached hydrogen (secondary N) is 1. The highest BCUT2D eigenvalue weighted by atomic mass is 16.4. The number of carbonyl (C=O) groups excluding carboxylic acids is 1. The van der Waals surface area contributed by atoms with Crippen molar-refractivity contribution in [2.24, 2.45) is 5.92 Å². The van der Waals surface area contributed by atoms with Crippen LogP contribution in [0.15, 0.2) is 18.2 Å². The SMILES string of the molecule is O=C(O)c1cccc(N2CCC[C@H]3C(=O)NC[C@H]32)n1. The zero-order chi connectivity index (χ0) is 13.4. The zero-order valence-corrected chi connectivity index (χ0v) is 10.4. The first kappa shape index (κ1) is 12.0. The Balaban J connectivity index is 1.91.